The van der Waals surface area contributed by atoms with Crippen molar-refractivity contribution >= 4 is 0 Å². The normalized spacial score (nSPS) is 57.8. The van der Waals surface area contributed by atoms with Gasteiger partial charge in [-0.05, 0) is 61.2 Å². The monoisotopic (exact) mass is 208 g/mol. The summed E-state index contributed by atoms with van der Waals surface area (Å²) in [5, 5.41) is 10.7. The molecular weight excluding hydrogens is 184 g/mol. The summed E-state index contributed by atoms with van der Waals surface area (Å²) in [4.78, 5) is 0. The summed E-state index contributed by atoms with van der Waals surface area (Å²) in [6.07, 6.45) is 7.40. The Morgan fingerprint density at radius 1 is 1.07 bits per heavy atom. The molecule has 4 bridgehead atoms. The lowest BCUT2D eigenvalue weighted by atomic mass is 9.41. The Kier molecular flexibility index (Phi) is 1.77. The van der Waals surface area contributed by atoms with Gasteiger partial charge in [0.2, 0.25) is 0 Å². The van der Waals surface area contributed by atoms with Gasteiger partial charge < -0.3 is 5.11 Å². The molecule has 4 saturated carbocycles. The van der Waals surface area contributed by atoms with Crippen LogP contribution in [0, 0.1) is 22.7 Å². The maximum Gasteiger partial charge on any atom is 0.0661 e. The first-order valence-electron chi connectivity index (χ1n) is 6.57. The van der Waals surface area contributed by atoms with Crippen molar-refractivity contribution in [3.63, 3.8) is 0 Å². The van der Waals surface area contributed by atoms with Gasteiger partial charge in [-0.1, -0.05) is 20.8 Å². The molecule has 4 atom stereocenters. The molecule has 0 radical (unpaired) electrons. The second kappa shape index (κ2) is 2.61. The maximum absolute atomic E-state index is 10.7. The fourth-order valence-electron chi connectivity index (χ4n) is 5.59. The second-order valence-corrected chi connectivity index (χ2v) is 7.56. The molecule has 0 heterocycles. The van der Waals surface area contributed by atoms with E-state index in [9.17, 15) is 5.11 Å². The molecule has 4 aliphatic rings. The Hall–Kier alpha value is -0.0400. The van der Waals surface area contributed by atoms with E-state index in [1.165, 1.54) is 19.3 Å². The molecule has 86 valence electrons. The zero-order valence-electron chi connectivity index (χ0n) is 10.3. The zero-order valence-corrected chi connectivity index (χ0v) is 10.3. The molecule has 4 aliphatic carbocycles. The summed E-state index contributed by atoms with van der Waals surface area (Å²) in [5.41, 5.74) is 0.639. The second-order valence-electron chi connectivity index (χ2n) is 7.56. The van der Waals surface area contributed by atoms with Crippen LogP contribution in [-0.2, 0) is 0 Å². The van der Waals surface area contributed by atoms with Crippen molar-refractivity contribution in [2.75, 3.05) is 0 Å². The van der Waals surface area contributed by atoms with E-state index >= 15 is 0 Å². The van der Waals surface area contributed by atoms with Crippen molar-refractivity contribution in [2.24, 2.45) is 22.7 Å². The smallest absolute Gasteiger partial charge is 0.0661 e. The summed E-state index contributed by atoms with van der Waals surface area (Å²) in [5.74, 6) is 1.56. The number of rotatable bonds is 1. The fourth-order valence-corrected chi connectivity index (χ4v) is 5.59. The average molecular weight is 208 g/mol. The lowest BCUT2D eigenvalue weighted by Gasteiger charge is -2.65. The molecule has 0 amide bonds. The van der Waals surface area contributed by atoms with Gasteiger partial charge in [0.1, 0.15) is 0 Å². The van der Waals surface area contributed by atoms with Crippen molar-refractivity contribution < 1.29 is 5.11 Å². The summed E-state index contributed by atoms with van der Waals surface area (Å²) in [6, 6.07) is 0. The van der Waals surface area contributed by atoms with Crippen molar-refractivity contribution in [1.82, 2.24) is 0 Å². The van der Waals surface area contributed by atoms with Crippen LogP contribution in [0.3, 0.4) is 0 Å². The first-order valence-corrected chi connectivity index (χ1v) is 6.57. The highest BCUT2D eigenvalue weighted by atomic mass is 16.3. The third-order valence-corrected chi connectivity index (χ3v) is 5.59. The van der Waals surface area contributed by atoms with Gasteiger partial charge >= 0.3 is 0 Å². The molecule has 0 saturated heterocycles. The van der Waals surface area contributed by atoms with Crippen molar-refractivity contribution in [3.05, 3.63) is 0 Å². The van der Waals surface area contributed by atoms with E-state index in [0.29, 0.717) is 10.8 Å². The molecule has 4 rings (SSSR count). The predicted octanol–water partition coefficient (Wildman–Crippen LogP) is 3.36. The van der Waals surface area contributed by atoms with E-state index in [2.05, 4.69) is 20.8 Å². The van der Waals surface area contributed by atoms with Gasteiger partial charge in [-0.2, -0.15) is 0 Å². The van der Waals surface area contributed by atoms with Crippen LogP contribution in [0.5, 0.6) is 0 Å². The summed E-state index contributed by atoms with van der Waals surface area (Å²) >= 11 is 0. The first kappa shape index (κ1) is 10.1. The minimum Gasteiger partial charge on any atom is -0.390 e. The van der Waals surface area contributed by atoms with Crippen LogP contribution in [0.4, 0.5) is 0 Å². The van der Waals surface area contributed by atoms with Crippen LogP contribution in [0.25, 0.3) is 0 Å². The van der Waals surface area contributed by atoms with E-state index in [4.69, 9.17) is 0 Å². The Morgan fingerprint density at radius 2 is 1.80 bits per heavy atom. The average Bonchev–Trinajstić information content (AvgIpc) is 1.95. The first-order chi connectivity index (χ1) is 6.85. The van der Waals surface area contributed by atoms with E-state index in [1.54, 1.807) is 0 Å². The maximum atomic E-state index is 10.7. The third-order valence-electron chi connectivity index (χ3n) is 5.59. The van der Waals surface area contributed by atoms with E-state index < -0.39 is 0 Å². The molecule has 1 unspecified atom stereocenters. The SMILES string of the molecule is CC(C)[C@]12C[C@@H]3CC(O)(C[C@@](C)(C3)C1)C2. The van der Waals surface area contributed by atoms with Crippen molar-refractivity contribution in [1.29, 1.82) is 0 Å². The number of aliphatic hydroxyl groups is 1. The van der Waals surface area contributed by atoms with Crippen LogP contribution in [0.1, 0.15) is 59.3 Å². The molecule has 4 fully saturated rings. The molecule has 0 aliphatic heterocycles. The van der Waals surface area contributed by atoms with Crippen LogP contribution in [0.15, 0.2) is 0 Å². The Bertz CT molecular complexity index is 276. The third kappa shape index (κ3) is 1.32. The highest BCUT2D eigenvalue weighted by Gasteiger charge is 2.61. The lowest BCUT2D eigenvalue weighted by molar-refractivity contribution is -0.207. The Labute approximate surface area is 93.3 Å². The standard InChI is InChI=1S/C14H24O/c1-10(2)13-5-11-4-12(3,7-13)8-14(15,6-11)9-13/h10-11,15H,4-9H2,1-3H3/t11-,12+,13-,14?/m1/s1. The topological polar surface area (TPSA) is 20.2 Å². The van der Waals surface area contributed by atoms with Crippen LogP contribution in [-0.4, -0.2) is 10.7 Å². The predicted molar refractivity (Wildman–Crippen MR) is 61.5 cm³/mol. The largest absolute Gasteiger partial charge is 0.390 e. The molecule has 0 aromatic carbocycles. The van der Waals surface area contributed by atoms with Crippen LogP contribution >= 0.6 is 0 Å². The molecule has 1 N–H and O–H groups in total. The number of hydrogen-bond donors (Lipinski definition) is 1. The van der Waals surface area contributed by atoms with Gasteiger partial charge in [0.25, 0.3) is 0 Å². The van der Waals surface area contributed by atoms with Gasteiger partial charge in [-0.15, -0.1) is 0 Å². The van der Waals surface area contributed by atoms with Crippen molar-refractivity contribution in [3.8, 4) is 0 Å². The summed E-state index contributed by atoms with van der Waals surface area (Å²) < 4.78 is 0. The lowest BCUT2D eigenvalue weighted by Crippen LogP contribution is -2.60. The number of hydrogen-bond acceptors (Lipinski definition) is 1. The van der Waals surface area contributed by atoms with Crippen LogP contribution < -0.4 is 0 Å². The molecular formula is C14H24O. The van der Waals surface area contributed by atoms with Gasteiger partial charge in [-0.3, -0.25) is 0 Å². The summed E-state index contributed by atoms with van der Waals surface area (Å²) in [6.45, 7) is 7.14. The Balaban J connectivity index is 2.02. The highest BCUT2D eigenvalue weighted by Crippen LogP contribution is 2.68. The van der Waals surface area contributed by atoms with Gasteiger partial charge in [0, 0.05) is 0 Å². The highest BCUT2D eigenvalue weighted by molar-refractivity contribution is 5.12. The fraction of sp³-hybridized carbons (Fsp3) is 1.00. The van der Waals surface area contributed by atoms with E-state index in [1.807, 2.05) is 0 Å². The molecule has 0 spiro atoms. The van der Waals surface area contributed by atoms with Crippen LogP contribution in [0.2, 0.25) is 0 Å². The molecule has 0 aromatic heterocycles. The van der Waals surface area contributed by atoms with Crippen molar-refractivity contribution in [2.45, 2.75) is 64.9 Å². The van der Waals surface area contributed by atoms with E-state index in [0.717, 1.165) is 31.1 Å². The van der Waals surface area contributed by atoms with Gasteiger partial charge in [-0.25, -0.2) is 0 Å². The Morgan fingerprint density at radius 3 is 2.33 bits per heavy atom. The molecule has 1 heteroatoms. The minimum absolute atomic E-state index is 0.293. The van der Waals surface area contributed by atoms with Gasteiger partial charge in [0.05, 0.1) is 5.60 Å². The quantitative estimate of drug-likeness (QED) is 0.700. The molecule has 0 aromatic rings. The van der Waals surface area contributed by atoms with E-state index in [-0.39, 0.29) is 5.60 Å². The van der Waals surface area contributed by atoms with Gasteiger partial charge in [0.15, 0.2) is 0 Å². The minimum atomic E-state index is -0.293. The zero-order chi connectivity index (χ0) is 10.9. The summed E-state index contributed by atoms with van der Waals surface area (Å²) in [7, 11) is 0. The molecule has 1 nitrogen and oxygen atoms in total. The molecule has 15 heavy (non-hydrogen) atoms.